The van der Waals surface area contributed by atoms with E-state index in [9.17, 15) is 31.4 Å². The van der Waals surface area contributed by atoms with Crippen molar-refractivity contribution in [3.8, 4) is 0 Å². The number of halogens is 6. The Balaban J connectivity index is 2.54. The first-order valence-electron chi connectivity index (χ1n) is 6.80. The van der Waals surface area contributed by atoms with Crippen LogP contribution in [0.2, 0.25) is 0 Å². The van der Waals surface area contributed by atoms with Crippen LogP contribution in [0.4, 0.5) is 26.3 Å². The second-order valence-electron chi connectivity index (χ2n) is 6.24. The third-order valence-electron chi connectivity index (χ3n) is 3.75. The van der Waals surface area contributed by atoms with Gasteiger partial charge in [-0.05, 0) is 31.4 Å². The Hall–Kier alpha value is -1.57. The van der Waals surface area contributed by atoms with Gasteiger partial charge in [-0.1, -0.05) is 24.3 Å². The van der Waals surface area contributed by atoms with Gasteiger partial charge in [0.15, 0.2) is 0 Å². The van der Waals surface area contributed by atoms with E-state index in [4.69, 9.17) is 0 Å². The van der Waals surface area contributed by atoms with Gasteiger partial charge >= 0.3 is 12.4 Å². The van der Waals surface area contributed by atoms with Crippen LogP contribution in [0, 0.1) is 0 Å². The summed E-state index contributed by atoms with van der Waals surface area (Å²) in [6, 6.07) is 6.20. The summed E-state index contributed by atoms with van der Waals surface area (Å²) in [7, 11) is 0. The lowest BCUT2D eigenvalue weighted by molar-refractivity contribution is -0.365. The van der Waals surface area contributed by atoms with Crippen LogP contribution in [-0.2, 0) is 6.42 Å². The lowest BCUT2D eigenvalue weighted by atomic mass is 9.83. The summed E-state index contributed by atoms with van der Waals surface area (Å²) in [5.74, 6) is 0. The number of aliphatic imine (C=N–C) groups is 1. The minimum Gasteiger partial charge on any atom is -0.373 e. The van der Waals surface area contributed by atoms with Crippen molar-refractivity contribution >= 4 is 5.71 Å². The van der Waals surface area contributed by atoms with Crippen LogP contribution < -0.4 is 0 Å². The number of benzene rings is 1. The first-order valence-corrected chi connectivity index (χ1v) is 6.80. The van der Waals surface area contributed by atoms with Gasteiger partial charge in [0.2, 0.25) is 0 Å². The molecule has 2 nitrogen and oxygen atoms in total. The van der Waals surface area contributed by atoms with Gasteiger partial charge in [0.25, 0.3) is 5.60 Å². The van der Waals surface area contributed by atoms with E-state index in [1.165, 1.54) is 12.1 Å². The molecule has 1 aromatic carbocycles. The molecule has 0 radical (unpaired) electrons. The maximum Gasteiger partial charge on any atom is 0.426 e. The molecule has 2 rings (SSSR count). The molecule has 8 heteroatoms. The summed E-state index contributed by atoms with van der Waals surface area (Å²) < 4.78 is 77.4. The van der Waals surface area contributed by atoms with Crippen LogP contribution in [-0.4, -0.2) is 34.3 Å². The number of hydrogen-bond acceptors (Lipinski definition) is 2. The van der Waals surface area contributed by atoms with Crippen molar-refractivity contribution in [3.63, 3.8) is 0 Å². The normalized spacial score (nSPS) is 18.4. The van der Waals surface area contributed by atoms with Crippen molar-refractivity contribution in [3.05, 3.63) is 35.4 Å². The molecule has 0 saturated carbocycles. The van der Waals surface area contributed by atoms with Gasteiger partial charge in [-0.15, -0.1) is 0 Å². The van der Waals surface area contributed by atoms with Crippen LogP contribution in [0.1, 0.15) is 31.4 Å². The minimum absolute atomic E-state index is 0.207. The van der Waals surface area contributed by atoms with Gasteiger partial charge in [-0.2, -0.15) is 26.3 Å². The standard InChI is InChI=1S/C15H15F6NO/c1-12(2)7-9-5-3-4-6-10(9)11(22-12)8-13(23,14(16,17)18)15(19,20)21/h3-6,23H,7-8H2,1-2H3. The zero-order chi connectivity index (χ0) is 17.7. The third kappa shape index (κ3) is 3.22. The number of rotatable bonds is 2. The molecule has 1 aliphatic rings. The van der Waals surface area contributed by atoms with E-state index in [2.05, 4.69) is 4.99 Å². The van der Waals surface area contributed by atoms with Crippen molar-refractivity contribution in [2.75, 3.05) is 0 Å². The number of hydrogen-bond donors (Lipinski definition) is 1. The molecular weight excluding hydrogens is 324 g/mol. The van der Waals surface area contributed by atoms with Crippen LogP contribution >= 0.6 is 0 Å². The van der Waals surface area contributed by atoms with Gasteiger partial charge in [0.1, 0.15) is 0 Å². The first kappa shape index (κ1) is 17.8. The fraction of sp³-hybridized carbons (Fsp3) is 0.533. The van der Waals surface area contributed by atoms with Crippen molar-refractivity contribution in [1.82, 2.24) is 0 Å². The maximum atomic E-state index is 12.9. The molecular formula is C15H15F6NO. The molecule has 1 N–H and O–H groups in total. The quantitative estimate of drug-likeness (QED) is 0.810. The molecule has 0 fully saturated rings. The molecule has 0 saturated heterocycles. The van der Waals surface area contributed by atoms with Gasteiger partial charge in [-0.25, -0.2) is 0 Å². The molecule has 128 valence electrons. The van der Waals surface area contributed by atoms with Crippen molar-refractivity contribution in [1.29, 1.82) is 0 Å². The second kappa shape index (κ2) is 5.22. The Kier molecular flexibility index (Phi) is 4.04. The molecule has 0 aliphatic carbocycles. The lowest BCUT2D eigenvalue weighted by Gasteiger charge is -2.35. The minimum atomic E-state index is -5.86. The Morgan fingerprint density at radius 2 is 1.57 bits per heavy atom. The number of alkyl halides is 6. The maximum absolute atomic E-state index is 12.9. The Morgan fingerprint density at radius 3 is 2.09 bits per heavy atom. The van der Waals surface area contributed by atoms with Gasteiger partial charge in [0.05, 0.1) is 5.54 Å². The topological polar surface area (TPSA) is 32.6 Å². The predicted octanol–water partition coefficient (Wildman–Crippen LogP) is 4.06. The average molecular weight is 339 g/mol. The first-order chi connectivity index (χ1) is 10.3. The smallest absolute Gasteiger partial charge is 0.373 e. The molecule has 0 unspecified atom stereocenters. The summed E-state index contributed by atoms with van der Waals surface area (Å²) in [6.07, 6.45) is -13.0. The van der Waals surface area contributed by atoms with Crippen LogP contribution in [0.5, 0.6) is 0 Å². The summed E-state index contributed by atoms with van der Waals surface area (Å²) in [5, 5.41) is 9.40. The molecule has 23 heavy (non-hydrogen) atoms. The highest BCUT2D eigenvalue weighted by Crippen LogP contribution is 2.46. The van der Waals surface area contributed by atoms with Gasteiger partial charge in [-0.3, -0.25) is 4.99 Å². The van der Waals surface area contributed by atoms with Crippen molar-refractivity contribution in [2.24, 2.45) is 4.99 Å². The van der Waals surface area contributed by atoms with Crippen molar-refractivity contribution < 1.29 is 31.4 Å². The lowest BCUT2D eigenvalue weighted by Crippen LogP contribution is -2.58. The summed E-state index contributed by atoms with van der Waals surface area (Å²) >= 11 is 0. The predicted molar refractivity (Wildman–Crippen MR) is 72.4 cm³/mol. The SMILES string of the molecule is CC1(C)Cc2ccccc2C(CC(O)(C(F)(F)F)C(F)(F)F)=N1. The molecule has 0 spiro atoms. The van der Waals surface area contributed by atoms with E-state index in [1.54, 1.807) is 26.0 Å². The summed E-state index contributed by atoms with van der Waals surface area (Å²) in [4.78, 5) is 4.02. The summed E-state index contributed by atoms with van der Waals surface area (Å²) in [6.45, 7) is 3.23. The third-order valence-corrected chi connectivity index (χ3v) is 3.75. The highest BCUT2D eigenvalue weighted by atomic mass is 19.4. The van der Waals surface area contributed by atoms with E-state index >= 15 is 0 Å². The molecule has 1 heterocycles. The van der Waals surface area contributed by atoms with Gasteiger partial charge in [0, 0.05) is 12.1 Å². The average Bonchev–Trinajstić information content (AvgIpc) is 2.34. The van der Waals surface area contributed by atoms with Crippen LogP contribution in [0.25, 0.3) is 0 Å². The van der Waals surface area contributed by atoms with Gasteiger partial charge < -0.3 is 5.11 Å². The monoisotopic (exact) mass is 339 g/mol. The zero-order valence-electron chi connectivity index (χ0n) is 12.4. The van der Waals surface area contributed by atoms with E-state index in [1.807, 2.05) is 0 Å². The fourth-order valence-corrected chi connectivity index (χ4v) is 2.63. The zero-order valence-corrected chi connectivity index (χ0v) is 12.4. The van der Waals surface area contributed by atoms with E-state index < -0.39 is 35.6 Å². The van der Waals surface area contributed by atoms with Crippen LogP contribution in [0.15, 0.2) is 29.3 Å². The van der Waals surface area contributed by atoms with E-state index in [-0.39, 0.29) is 5.56 Å². The highest BCUT2D eigenvalue weighted by Gasteiger charge is 2.70. The number of fused-ring (bicyclic) bond motifs is 1. The molecule has 0 bridgehead atoms. The van der Waals surface area contributed by atoms with E-state index in [0.29, 0.717) is 12.0 Å². The van der Waals surface area contributed by atoms with Crippen molar-refractivity contribution in [2.45, 2.75) is 50.2 Å². The molecule has 0 amide bonds. The molecule has 1 aromatic rings. The van der Waals surface area contributed by atoms with Crippen LogP contribution in [0.3, 0.4) is 0 Å². The van der Waals surface area contributed by atoms with E-state index in [0.717, 1.165) is 0 Å². The number of aliphatic hydroxyl groups is 1. The molecule has 0 aromatic heterocycles. The second-order valence-corrected chi connectivity index (χ2v) is 6.24. The Labute approximate surface area is 128 Å². The summed E-state index contributed by atoms with van der Waals surface area (Å²) in [5.41, 5.74) is -5.26. The largest absolute Gasteiger partial charge is 0.426 e. The molecule has 1 aliphatic heterocycles. The Morgan fingerprint density at radius 1 is 1.04 bits per heavy atom. The highest BCUT2D eigenvalue weighted by molar-refractivity contribution is 6.03. The molecule has 0 atom stereocenters. The number of nitrogens with zero attached hydrogens (tertiary/aromatic N) is 1. The fourth-order valence-electron chi connectivity index (χ4n) is 2.63. The Bertz CT molecular complexity index is 616.